The molecule has 6 nitrogen and oxygen atoms in total. The van der Waals surface area contributed by atoms with E-state index in [4.69, 9.17) is 33.3 Å². The topological polar surface area (TPSA) is 68.6 Å². The van der Waals surface area contributed by atoms with Crippen molar-refractivity contribution >= 4 is 40.9 Å². The average molecular weight is 404 g/mol. The number of nitrogens with one attached hydrogen (secondary N) is 1. The van der Waals surface area contributed by atoms with Crippen molar-refractivity contribution in [1.82, 2.24) is 9.66 Å². The van der Waals surface area contributed by atoms with Crippen molar-refractivity contribution in [3.63, 3.8) is 0 Å². The maximum Gasteiger partial charge on any atom is 0.282 e. The number of hydrogen-bond donors (Lipinski definition) is 1. The molecule has 0 amide bonds. The first kappa shape index (κ1) is 19.1. The molecular weight excluding hydrogens is 386 g/mol. The van der Waals surface area contributed by atoms with Gasteiger partial charge in [0.25, 0.3) is 5.56 Å². The van der Waals surface area contributed by atoms with Gasteiger partial charge in [-0.25, -0.2) is 0 Å². The zero-order valence-electron chi connectivity index (χ0n) is 14.9. The quantitative estimate of drug-likeness (QED) is 0.489. The molecule has 0 unspecified atom stereocenters. The van der Waals surface area contributed by atoms with Crippen molar-refractivity contribution in [2.24, 2.45) is 5.10 Å². The van der Waals surface area contributed by atoms with Crippen molar-refractivity contribution < 1.29 is 9.47 Å². The van der Waals surface area contributed by atoms with Crippen LogP contribution in [0.5, 0.6) is 11.5 Å². The molecule has 0 saturated heterocycles. The van der Waals surface area contributed by atoms with Gasteiger partial charge >= 0.3 is 0 Å². The molecule has 0 atom stereocenters. The van der Waals surface area contributed by atoms with Crippen LogP contribution in [-0.4, -0.2) is 29.6 Å². The summed E-state index contributed by atoms with van der Waals surface area (Å²) in [7, 11) is 1.54. The minimum atomic E-state index is -0.299. The molecule has 1 aromatic heterocycles. The zero-order valence-corrected chi connectivity index (χ0v) is 16.4. The van der Waals surface area contributed by atoms with Crippen molar-refractivity contribution in [1.29, 1.82) is 0 Å². The fraction of sp³-hybridized carbons (Fsp3) is 0.211. The van der Waals surface area contributed by atoms with Crippen LogP contribution < -0.4 is 15.0 Å². The molecule has 3 rings (SSSR count). The summed E-state index contributed by atoms with van der Waals surface area (Å²) in [5, 5.41) is 5.13. The Hall–Kier alpha value is -2.64. The van der Waals surface area contributed by atoms with Gasteiger partial charge in [0.15, 0.2) is 11.5 Å². The lowest BCUT2D eigenvalue weighted by Gasteiger charge is -2.12. The molecule has 0 aliphatic rings. The van der Waals surface area contributed by atoms with Crippen LogP contribution >= 0.6 is 23.8 Å². The van der Waals surface area contributed by atoms with E-state index in [1.54, 1.807) is 30.3 Å². The van der Waals surface area contributed by atoms with Gasteiger partial charge in [0.2, 0.25) is 4.77 Å². The number of aromatic amines is 1. The van der Waals surface area contributed by atoms with E-state index < -0.39 is 0 Å². The third-order valence-electron chi connectivity index (χ3n) is 3.81. The van der Waals surface area contributed by atoms with E-state index in [0.29, 0.717) is 39.6 Å². The molecule has 140 valence electrons. The lowest BCUT2D eigenvalue weighted by molar-refractivity contribution is 0.294. The number of halogens is 1. The Balaban J connectivity index is 2.02. The number of ether oxygens (including phenoxy) is 2. The summed E-state index contributed by atoms with van der Waals surface area (Å²) in [4.78, 5) is 15.6. The molecule has 0 aliphatic carbocycles. The van der Waals surface area contributed by atoms with Crippen LogP contribution in [0.4, 0.5) is 0 Å². The summed E-state index contributed by atoms with van der Waals surface area (Å²) in [6.45, 7) is 2.54. The molecule has 3 aromatic rings. The van der Waals surface area contributed by atoms with Gasteiger partial charge in [-0.1, -0.05) is 30.7 Å². The minimum Gasteiger partial charge on any atom is -0.493 e. The largest absolute Gasteiger partial charge is 0.493 e. The Morgan fingerprint density at radius 1 is 1.33 bits per heavy atom. The number of methoxy groups -OCH3 is 1. The standard InChI is InChI=1S/C19H18ClN3O3S/c1-3-8-26-17-14(20)9-12(10-16(17)25-2)11-21-23-18(24)13-6-4-5-7-15(13)22-19(23)27/h4-7,9-11H,3,8H2,1-2H3,(H,22,27)/b21-11-. The second-order valence-corrected chi connectivity index (χ2v) is 6.51. The first-order valence-electron chi connectivity index (χ1n) is 8.34. The van der Waals surface area contributed by atoms with Gasteiger partial charge < -0.3 is 14.5 Å². The SMILES string of the molecule is CCCOc1c(Cl)cc(/C=N\n2c(=S)[nH]c3ccccc3c2=O)cc1OC. The van der Waals surface area contributed by atoms with Gasteiger partial charge in [-0.15, -0.1) is 0 Å². The molecule has 0 fully saturated rings. The van der Waals surface area contributed by atoms with Crippen LogP contribution in [0.2, 0.25) is 5.02 Å². The lowest BCUT2D eigenvalue weighted by atomic mass is 10.2. The third kappa shape index (κ3) is 4.04. The Bertz CT molecular complexity index is 1120. The fourth-order valence-electron chi connectivity index (χ4n) is 2.54. The number of hydrogen-bond acceptors (Lipinski definition) is 5. The van der Waals surface area contributed by atoms with Gasteiger partial charge in [0.1, 0.15) is 0 Å². The Kier molecular flexibility index (Phi) is 5.93. The number of aromatic nitrogens is 2. The van der Waals surface area contributed by atoms with Crippen molar-refractivity contribution in [2.45, 2.75) is 13.3 Å². The van der Waals surface area contributed by atoms with Crippen LogP contribution in [0.1, 0.15) is 18.9 Å². The summed E-state index contributed by atoms with van der Waals surface area (Å²) < 4.78 is 12.3. The fourth-order valence-corrected chi connectivity index (χ4v) is 3.05. The average Bonchev–Trinajstić information content (AvgIpc) is 2.66. The first-order chi connectivity index (χ1) is 13.0. The highest BCUT2D eigenvalue weighted by Crippen LogP contribution is 2.36. The maximum atomic E-state index is 12.6. The van der Waals surface area contributed by atoms with Crippen LogP contribution in [0.15, 0.2) is 46.3 Å². The second kappa shape index (κ2) is 8.37. The molecule has 0 saturated carbocycles. The molecule has 0 radical (unpaired) electrons. The van der Waals surface area contributed by atoms with E-state index in [9.17, 15) is 4.79 Å². The molecule has 1 N–H and O–H groups in total. The van der Waals surface area contributed by atoms with Crippen LogP contribution in [0.25, 0.3) is 10.9 Å². The van der Waals surface area contributed by atoms with E-state index in [-0.39, 0.29) is 10.3 Å². The van der Waals surface area contributed by atoms with E-state index in [0.717, 1.165) is 11.1 Å². The number of benzene rings is 2. The highest BCUT2D eigenvalue weighted by Gasteiger charge is 2.11. The molecule has 8 heteroatoms. The van der Waals surface area contributed by atoms with E-state index in [1.807, 2.05) is 13.0 Å². The third-order valence-corrected chi connectivity index (χ3v) is 4.36. The predicted molar refractivity (Wildman–Crippen MR) is 110 cm³/mol. The Morgan fingerprint density at radius 2 is 2.11 bits per heavy atom. The van der Waals surface area contributed by atoms with Crippen LogP contribution in [-0.2, 0) is 0 Å². The summed E-state index contributed by atoms with van der Waals surface area (Å²) in [5.74, 6) is 0.978. The highest BCUT2D eigenvalue weighted by atomic mass is 35.5. The summed E-state index contributed by atoms with van der Waals surface area (Å²) >= 11 is 11.6. The number of fused-ring (bicyclic) bond motifs is 1. The molecule has 27 heavy (non-hydrogen) atoms. The van der Waals surface area contributed by atoms with Gasteiger partial charge in [0, 0.05) is 0 Å². The van der Waals surface area contributed by atoms with Crippen molar-refractivity contribution in [3.05, 3.63) is 62.1 Å². The summed E-state index contributed by atoms with van der Waals surface area (Å²) in [6, 6.07) is 10.6. The van der Waals surface area contributed by atoms with Gasteiger partial charge in [-0.3, -0.25) is 4.79 Å². The number of nitrogens with zero attached hydrogens (tertiary/aromatic N) is 2. The van der Waals surface area contributed by atoms with E-state index in [2.05, 4.69) is 10.1 Å². The molecule has 0 bridgehead atoms. The van der Waals surface area contributed by atoms with Crippen molar-refractivity contribution in [2.75, 3.05) is 13.7 Å². The number of rotatable bonds is 6. The van der Waals surface area contributed by atoms with Crippen LogP contribution in [0, 0.1) is 4.77 Å². The minimum absolute atomic E-state index is 0.205. The predicted octanol–water partition coefficient (Wildman–Crippen LogP) is 4.39. The monoisotopic (exact) mass is 403 g/mol. The van der Waals surface area contributed by atoms with Gasteiger partial charge in [0.05, 0.1) is 35.9 Å². The zero-order chi connectivity index (χ0) is 19.4. The first-order valence-corrected chi connectivity index (χ1v) is 9.12. The summed E-state index contributed by atoms with van der Waals surface area (Å²) in [6.07, 6.45) is 2.35. The Labute approximate surface area is 166 Å². The molecule has 1 heterocycles. The second-order valence-electron chi connectivity index (χ2n) is 5.72. The Morgan fingerprint density at radius 3 is 2.85 bits per heavy atom. The lowest BCUT2D eigenvalue weighted by Crippen LogP contribution is -2.18. The molecular formula is C19H18ClN3O3S. The smallest absolute Gasteiger partial charge is 0.282 e. The molecule has 0 aliphatic heterocycles. The van der Waals surface area contributed by atoms with E-state index >= 15 is 0 Å². The van der Waals surface area contributed by atoms with Gasteiger partial charge in [-0.2, -0.15) is 9.78 Å². The van der Waals surface area contributed by atoms with E-state index in [1.165, 1.54) is 13.3 Å². The highest BCUT2D eigenvalue weighted by molar-refractivity contribution is 7.71. The normalized spacial score (nSPS) is 11.2. The molecule has 0 spiro atoms. The summed E-state index contributed by atoms with van der Waals surface area (Å²) in [5.41, 5.74) is 1.02. The molecule has 2 aromatic carbocycles. The number of H-pyrrole nitrogens is 1. The van der Waals surface area contributed by atoms with Crippen LogP contribution in [0.3, 0.4) is 0 Å². The maximum absolute atomic E-state index is 12.6. The van der Waals surface area contributed by atoms with Crippen molar-refractivity contribution in [3.8, 4) is 11.5 Å². The number of para-hydroxylation sites is 1. The van der Waals surface area contributed by atoms with Gasteiger partial charge in [-0.05, 0) is 48.5 Å².